The molecule has 0 amide bonds. The molecule has 9 heteroatoms. The molecule has 1 aromatic heterocycles. The van der Waals surface area contributed by atoms with Crippen LogP contribution in [0.4, 0.5) is 5.95 Å². The Labute approximate surface area is 208 Å². The van der Waals surface area contributed by atoms with E-state index in [0.29, 0.717) is 17.1 Å². The van der Waals surface area contributed by atoms with Gasteiger partial charge in [0.25, 0.3) is 0 Å². The van der Waals surface area contributed by atoms with E-state index in [1.807, 2.05) is 36.4 Å². The highest BCUT2D eigenvalue weighted by Crippen LogP contribution is 2.38. The number of anilines is 1. The first-order chi connectivity index (χ1) is 15.4. The molecule has 0 radical (unpaired) electrons. The lowest BCUT2D eigenvalue weighted by molar-refractivity contribution is 0.112. The van der Waals surface area contributed by atoms with Crippen molar-refractivity contribution in [2.24, 2.45) is 0 Å². The van der Waals surface area contributed by atoms with Crippen LogP contribution in [0, 0.1) is 0 Å². The van der Waals surface area contributed by atoms with Gasteiger partial charge >= 0.3 is 0 Å². The van der Waals surface area contributed by atoms with Gasteiger partial charge in [0.1, 0.15) is 0 Å². The van der Waals surface area contributed by atoms with E-state index < -0.39 is 3.79 Å². The van der Waals surface area contributed by atoms with Crippen LogP contribution in [0.2, 0.25) is 0 Å². The molecular formula is C24H26Cl3N5O. The lowest BCUT2D eigenvalue weighted by Gasteiger charge is -2.46. The van der Waals surface area contributed by atoms with Crippen LogP contribution < -0.4 is 10.6 Å². The summed E-state index contributed by atoms with van der Waals surface area (Å²) in [5, 5.41) is 8.82. The average Bonchev–Trinajstić information content (AvgIpc) is 2.69. The van der Waals surface area contributed by atoms with Crippen LogP contribution in [-0.2, 0) is 3.79 Å². The molecule has 1 saturated heterocycles. The topological polar surface area (TPSA) is 79.8 Å². The van der Waals surface area contributed by atoms with Gasteiger partial charge in [-0.2, -0.15) is 9.97 Å². The monoisotopic (exact) mass is 505 g/mol. The number of aromatic nitrogens is 3. The predicted molar refractivity (Wildman–Crippen MR) is 135 cm³/mol. The molecule has 0 bridgehead atoms. The molecule has 33 heavy (non-hydrogen) atoms. The van der Waals surface area contributed by atoms with Crippen molar-refractivity contribution in [3.05, 3.63) is 47.8 Å². The molecular weight excluding hydrogens is 481 g/mol. The highest BCUT2D eigenvalue weighted by atomic mass is 35.6. The number of carbonyl (C=O) groups is 1. The minimum Gasteiger partial charge on any atom is -0.351 e. The Morgan fingerprint density at radius 2 is 1.67 bits per heavy atom. The Hall–Kier alpha value is -1.99. The standard InChI is InChI=1S/C24H26Cl3N5O/c1-22(2)11-15(12-23(3,4)32-22)28-21-30-19(29-20(31-21)24(25,26)27)17-10-9-14-7-5-6-8-16(14)18(17)13-33/h5-10,13,15,32H,11-12H2,1-4H3,(H,28,29,30,31). The largest absolute Gasteiger partial charge is 0.351 e. The van der Waals surface area contributed by atoms with Gasteiger partial charge in [-0.3, -0.25) is 4.79 Å². The molecule has 0 spiro atoms. The Bertz CT molecular complexity index is 1190. The van der Waals surface area contributed by atoms with Crippen LogP contribution in [0.5, 0.6) is 0 Å². The number of alkyl halides is 3. The number of fused-ring (bicyclic) bond motifs is 1. The fraction of sp³-hybridized carbons (Fsp3) is 0.417. The fourth-order valence-corrected chi connectivity index (χ4v) is 5.17. The molecule has 6 nitrogen and oxygen atoms in total. The van der Waals surface area contributed by atoms with Gasteiger partial charge < -0.3 is 10.6 Å². The Kier molecular flexibility index (Phi) is 6.33. The maximum absolute atomic E-state index is 12.1. The van der Waals surface area contributed by atoms with Gasteiger partial charge in [-0.1, -0.05) is 65.1 Å². The van der Waals surface area contributed by atoms with Crippen LogP contribution in [0.3, 0.4) is 0 Å². The first kappa shape index (κ1) is 24.1. The van der Waals surface area contributed by atoms with Crippen LogP contribution in [0.25, 0.3) is 22.2 Å². The molecule has 0 saturated carbocycles. The maximum atomic E-state index is 12.1. The van der Waals surface area contributed by atoms with Gasteiger partial charge in [-0.25, -0.2) is 4.98 Å². The van der Waals surface area contributed by atoms with E-state index in [1.54, 1.807) is 0 Å². The van der Waals surface area contributed by atoms with Crippen molar-refractivity contribution < 1.29 is 4.79 Å². The first-order valence-corrected chi connectivity index (χ1v) is 11.9. The van der Waals surface area contributed by atoms with Crippen LogP contribution in [0.15, 0.2) is 36.4 Å². The molecule has 174 valence electrons. The average molecular weight is 507 g/mol. The van der Waals surface area contributed by atoms with Crippen LogP contribution >= 0.6 is 34.8 Å². The van der Waals surface area contributed by atoms with Crippen molar-refractivity contribution >= 4 is 57.8 Å². The normalized spacial score (nSPS) is 18.3. The number of hydrogen-bond donors (Lipinski definition) is 2. The first-order valence-electron chi connectivity index (χ1n) is 10.7. The van der Waals surface area contributed by atoms with Gasteiger partial charge in [0.05, 0.1) is 0 Å². The van der Waals surface area contributed by atoms with Crippen molar-refractivity contribution in [2.45, 2.75) is 61.4 Å². The third kappa shape index (κ3) is 5.40. The summed E-state index contributed by atoms with van der Waals surface area (Å²) in [5.74, 6) is 0.580. The second kappa shape index (κ2) is 8.66. The number of piperidine rings is 1. The van der Waals surface area contributed by atoms with Gasteiger partial charge in [0.15, 0.2) is 17.9 Å². The number of hydrogen-bond acceptors (Lipinski definition) is 6. The molecule has 0 unspecified atom stereocenters. The summed E-state index contributed by atoms with van der Waals surface area (Å²) in [6, 6.07) is 11.5. The summed E-state index contributed by atoms with van der Waals surface area (Å²) < 4.78 is -1.85. The summed E-state index contributed by atoms with van der Waals surface area (Å²) >= 11 is 18.5. The van der Waals surface area contributed by atoms with Crippen molar-refractivity contribution in [2.75, 3.05) is 5.32 Å². The van der Waals surface area contributed by atoms with Crippen molar-refractivity contribution in [3.63, 3.8) is 0 Å². The van der Waals surface area contributed by atoms with E-state index in [4.69, 9.17) is 34.8 Å². The zero-order valence-electron chi connectivity index (χ0n) is 18.9. The maximum Gasteiger partial charge on any atom is 0.250 e. The highest BCUT2D eigenvalue weighted by Gasteiger charge is 2.38. The van der Waals surface area contributed by atoms with Crippen LogP contribution in [-0.4, -0.2) is 38.4 Å². The van der Waals surface area contributed by atoms with E-state index >= 15 is 0 Å². The Balaban J connectivity index is 1.80. The number of halogens is 3. The number of rotatable bonds is 4. The molecule has 2 heterocycles. The predicted octanol–water partition coefficient (Wildman–Crippen LogP) is 6.05. The molecule has 2 N–H and O–H groups in total. The summed E-state index contributed by atoms with van der Waals surface area (Å²) in [4.78, 5) is 25.5. The molecule has 4 rings (SSSR count). The van der Waals surface area contributed by atoms with Gasteiger partial charge in [-0.15, -0.1) is 0 Å². The number of nitrogens with zero attached hydrogens (tertiary/aromatic N) is 3. The minimum atomic E-state index is -1.85. The molecule has 2 aromatic carbocycles. The molecule has 0 atom stereocenters. The second-order valence-electron chi connectivity index (χ2n) is 9.81. The SMILES string of the molecule is CC1(C)CC(Nc2nc(-c3ccc4ccccc4c3C=O)nc(C(Cl)(Cl)Cl)n2)CC(C)(C)N1. The van der Waals surface area contributed by atoms with Gasteiger partial charge in [0, 0.05) is 28.2 Å². The van der Waals surface area contributed by atoms with Crippen molar-refractivity contribution in [1.29, 1.82) is 0 Å². The van der Waals surface area contributed by atoms with E-state index in [-0.39, 0.29) is 28.8 Å². The van der Waals surface area contributed by atoms with E-state index in [0.717, 1.165) is 29.9 Å². The quantitative estimate of drug-likeness (QED) is 0.331. The highest BCUT2D eigenvalue weighted by molar-refractivity contribution is 6.66. The summed E-state index contributed by atoms with van der Waals surface area (Å²) in [7, 11) is 0. The number of aldehydes is 1. The second-order valence-corrected chi connectivity index (χ2v) is 12.1. The summed E-state index contributed by atoms with van der Waals surface area (Å²) in [5.41, 5.74) is 0.882. The number of nitrogens with one attached hydrogen (secondary N) is 2. The Morgan fingerprint density at radius 1 is 1.00 bits per heavy atom. The van der Waals surface area contributed by atoms with E-state index in [9.17, 15) is 4.79 Å². The van der Waals surface area contributed by atoms with Crippen molar-refractivity contribution in [3.8, 4) is 11.4 Å². The third-order valence-electron chi connectivity index (χ3n) is 5.74. The number of carbonyl (C=O) groups excluding carboxylic acids is 1. The lowest BCUT2D eigenvalue weighted by Crippen LogP contribution is -2.60. The molecule has 1 fully saturated rings. The molecule has 0 aliphatic carbocycles. The third-order valence-corrected chi connectivity index (χ3v) is 6.25. The molecule has 1 aliphatic heterocycles. The molecule has 3 aromatic rings. The zero-order valence-corrected chi connectivity index (χ0v) is 21.2. The Morgan fingerprint density at radius 3 is 2.30 bits per heavy atom. The molecule has 1 aliphatic rings. The van der Waals surface area contributed by atoms with E-state index in [1.165, 1.54) is 0 Å². The van der Waals surface area contributed by atoms with E-state index in [2.05, 4.69) is 53.3 Å². The summed E-state index contributed by atoms with van der Waals surface area (Å²) in [6.45, 7) is 8.67. The van der Waals surface area contributed by atoms with Crippen molar-refractivity contribution in [1.82, 2.24) is 20.3 Å². The smallest absolute Gasteiger partial charge is 0.250 e. The fourth-order valence-electron chi connectivity index (χ4n) is 4.91. The number of benzene rings is 2. The zero-order chi connectivity index (χ0) is 24.0. The summed E-state index contributed by atoms with van der Waals surface area (Å²) in [6.07, 6.45) is 2.52. The minimum absolute atomic E-state index is 0.00235. The van der Waals surface area contributed by atoms with Gasteiger partial charge in [0.2, 0.25) is 9.74 Å². The van der Waals surface area contributed by atoms with Crippen LogP contribution in [0.1, 0.15) is 56.7 Å². The lowest BCUT2D eigenvalue weighted by atomic mass is 9.80. The van der Waals surface area contributed by atoms with Gasteiger partial charge in [-0.05, 0) is 57.4 Å².